The number of halogens is 1. The van der Waals surface area contributed by atoms with Crippen molar-refractivity contribution in [1.82, 2.24) is 14.9 Å². The van der Waals surface area contributed by atoms with Gasteiger partial charge in [0.15, 0.2) is 0 Å². The predicted octanol–water partition coefficient (Wildman–Crippen LogP) is 3.95. The van der Waals surface area contributed by atoms with E-state index in [1.807, 2.05) is 25.4 Å². The van der Waals surface area contributed by atoms with Crippen molar-refractivity contribution in [3.63, 3.8) is 0 Å². The molecule has 1 N–H and O–H groups in total. The van der Waals surface area contributed by atoms with Gasteiger partial charge in [0, 0.05) is 24.0 Å². The third kappa shape index (κ3) is 3.22. The van der Waals surface area contributed by atoms with Crippen LogP contribution in [0.1, 0.15) is 43.3 Å². The fraction of sp³-hybridized carbons (Fsp3) is 0.438. The van der Waals surface area contributed by atoms with Gasteiger partial charge in [0.1, 0.15) is 5.82 Å². The first-order chi connectivity index (χ1) is 9.67. The van der Waals surface area contributed by atoms with Crippen LogP contribution in [0.3, 0.4) is 0 Å². The van der Waals surface area contributed by atoms with E-state index >= 15 is 0 Å². The molecule has 0 aliphatic heterocycles. The molecule has 20 heavy (non-hydrogen) atoms. The van der Waals surface area contributed by atoms with Crippen molar-refractivity contribution in [2.75, 3.05) is 6.54 Å². The Morgan fingerprint density at radius 2 is 2.15 bits per heavy atom. The van der Waals surface area contributed by atoms with Crippen molar-refractivity contribution in [2.24, 2.45) is 0 Å². The van der Waals surface area contributed by atoms with Crippen LogP contribution in [-0.4, -0.2) is 16.1 Å². The van der Waals surface area contributed by atoms with Gasteiger partial charge >= 0.3 is 0 Å². The molecular formula is C16H22ClN3. The van der Waals surface area contributed by atoms with Crippen LogP contribution in [0.25, 0.3) is 0 Å². The lowest BCUT2D eigenvalue weighted by Crippen LogP contribution is -2.26. The van der Waals surface area contributed by atoms with Gasteiger partial charge in [-0.2, -0.15) is 0 Å². The summed E-state index contributed by atoms with van der Waals surface area (Å²) in [6, 6.07) is 6.32. The van der Waals surface area contributed by atoms with E-state index in [0.29, 0.717) is 0 Å². The minimum Gasteiger partial charge on any atom is -0.334 e. The highest BCUT2D eigenvalue weighted by molar-refractivity contribution is 6.31. The lowest BCUT2D eigenvalue weighted by molar-refractivity contribution is 0.541. The van der Waals surface area contributed by atoms with Crippen LogP contribution in [0.5, 0.6) is 0 Å². The van der Waals surface area contributed by atoms with Gasteiger partial charge in [-0.25, -0.2) is 4.98 Å². The Kier molecular flexibility index (Phi) is 5.21. The molecule has 3 nitrogen and oxygen atoms in total. The standard InChI is InChI=1S/C16H22ClN3/c1-4-8-18-15(16-19-9-10-20(16)5-2)13-7-6-12(3)14(17)11-13/h6-7,9-11,15,18H,4-5,8H2,1-3H3. The van der Waals surface area contributed by atoms with Crippen LogP contribution in [0.2, 0.25) is 5.02 Å². The van der Waals surface area contributed by atoms with Gasteiger partial charge in [0.25, 0.3) is 0 Å². The van der Waals surface area contributed by atoms with Crippen LogP contribution in [0, 0.1) is 6.92 Å². The summed E-state index contributed by atoms with van der Waals surface area (Å²) in [5.41, 5.74) is 2.26. The van der Waals surface area contributed by atoms with Crippen LogP contribution in [0.15, 0.2) is 30.6 Å². The summed E-state index contributed by atoms with van der Waals surface area (Å²) in [5.74, 6) is 1.04. The average Bonchev–Trinajstić information content (AvgIpc) is 2.91. The zero-order chi connectivity index (χ0) is 14.5. The molecule has 1 aromatic heterocycles. The molecular weight excluding hydrogens is 270 g/mol. The molecule has 1 heterocycles. The second kappa shape index (κ2) is 6.91. The van der Waals surface area contributed by atoms with Gasteiger partial charge in [-0.05, 0) is 44.0 Å². The predicted molar refractivity (Wildman–Crippen MR) is 84.2 cm³/mol. The third-order valence-corrected chi connectivity index (χ3v) is 3.88. The molecule has 0 aliphatic carbocycles. The summed E-state index contributed by atoms with van der Waals surface area (Å²) < 4.78 is 2.17. The monoisotopic (exact) mass is 291 g/mol. The Hall–Kier alpha value is -1.32. The summed E-state index contributed by atoms with van der Waals surface area (Å²) in [5, 5.41) is 4.37. The minimum atomic E-state index is 0.0861. The molecule has 0 bridgehead atoms. The first-order valence-electron chi connectivity index (χ1n) is 7.17. The summed E-state index contributed by atoms with van der Waals surface area (Å²) >= 11 is 6.27. The maximum absolute atomic E-state index is 6.27. The maximum Gasteiger partial charge on any atom is 0.130 e. The Labute approximate surface area is 126 Å². The van der Waals surface area contributed by atoms with E-state index in [1.54, 1.807) is 0 Å². The summed E-state index contributed by atoms with van der Waals surface area (Å²) in [4.78, 5) is 4.53. The molecule has 0 aliphatic rings. The topological polar surface area (TPSA) is 29.9 Å². The van der Waals surface area contributed by atoms with Crippen LogP contribution in [-0.2, 0) is 6.54 Å². The fourth-order valence-corrected chi connectivity index (χ4v) is 2.47. The molecule has 0 spiro atoms. The minimum absolute atomic E-state index is 0.0861. The number of aromatic nitrogens is 2. The zero-order valence-corrected chi connectivity index (χ0v) is 13.1. The molecule has 0 fully saturated rings. The van der Waals surface area contributed by atoms with Gasteiger partial charge in [-0.3, -0.25) is 0 Å². The summed E-state index contributed by atoms with van der Waals surface area (Å²) in [6.07, 6.45) is 4.96. The highest BCUT2D eigenvalue weighted by Gasteiger charge is 2.18. The number of rotatable bonds is 6. The van der Waals surface area contributed by atoms with Crippen molar-refractivity contribution in [3.05, 3.63) is 52.6 Å². The molecule has 2 rings (SSSR count). The number of hydrogen-bond acceptors (Lipinski definition) is 2. The number of nitrogens with one attached hydrogen (secondary N) is 1. The Morgan fingerprint density at radius 1 is 1.35 bits per heavy atom. The smallest absolute Gasteiger partial charge is 0.130 e. The normalized spacial score (nSPS) is 12.6. The number of imidazole rings is 1. The van der Waals surface area contributed by atoms with E-state index < -0.39 is 0 Å². The Bertz CT molecular complexity index is 563. The maximum atomic E-state index is 6.27. The van der Waals surface area contributed by atoms with Crippen LogP contribution in [0.4, 0.5) is 0 Å². The average molecular weight is 292 g/mol. The number of aryl methyl sites for hydroxylation is 2. The van der Waals surface area contributed by atoms with Crippen LogP contribution >= 0.6 is 11.6 Å². The summed E-state index contributed by atoms with van der Waals surface area (Å²) in [7, 11) is 0. The molecule has 4 heteroatoms. The van der Waals surface area contributed by atoms with Crippen molar-refractivity contribution >= 4 is 11.6 Å². The number of hydrogen-bond donors (Lipinski definition) is 1. The van der Waals surface area contributed by atoms with Gasteiger partial charge in [0.2, 0.25) is 0 Å². The van der Waals surface area contributed by atoms with Gasteiger partial charge in [0.05, 0.1) is 6.04 Å². The van der Waals surface area contributed by atoms with Crippen molar-refractivity contribution in [1.29, 1.82) is 0 Å². The molecule has 1 aromatic carbocycles. The fourth-order valence-electron chi connectivity index (χ4n) is 2.28. The van der Waals surface area contributed by atoms with E-state index in [1.165, 1.54) is 0 Å². The lowest BCUT2D eigenvalue weighted by Gasteiger charge is -2.20. The van der Waals surface area contributed by atoms with Crippen molar-refractivity contribution < 1.29 is 0 Å². The van der Waals surface area contributed by atoms with Crippen LogP contribution < -0.4 is 5.32 Å². The molecule has 0 radical (unpaired) electrons. The van der Waals surface area contributed by atoms with E-state index in [0.717, 1.165) is 41.5 Å². The highest BCUT2D eigenvalue weighted by atomic mass is 35.5. The number of benzene rings is 1. The highest BCUT2D eigenvalue weighted by Crippen LogP contribution is 2.25. The molecule has 0 amide bonds. The summed E-state index contributed by atoms with van der Waals surface area (Å²) in [6.45, 7) is 8.18. The third-order valence-electron chi connectivity index (χ3n) is 3.47. The second-order valence-electron chi connectivity index (χ2n) is 4.97. The Balaban J connectivity index is 2.38. The molecule has 2 aromatic rings. The second-order valence-corrected chi connectivity index (χ2v) is 5.37. The molecule has 0 saturated heterocycles. The van der Waals surface area contributed by atoms with Gasteiger partial charge < -0.3 is 9.88 Å². The van der Waals surface area contributed by atoms with E-state index in [-0.39, 0.29) is 6.04 Å². The van der Waals surface area contributed by atoms with Gasteiger partial charge in [-0.1, -0.05) is 30.7 Å². The SMILES string of the molecule is CCCNC(c1ccc(C)c(Cl)c1)c1nccn1CC. The first-order valence-corrected chi connectivity index (χ1v) is 7.55. The van der Waals surface area contributed by atoms with Crippen molar-refractivity contribution in [3.8, 4) is 0 Å². The largest absolute Gasteiger partial charge is 0.334 e. The van der Waals surface area contributed by atoms with Gasteiger partial charge in [-0.15, -0.1) is 0 Å². The van der Waals surface area contributed by atoms with Crippen molar-refractivity contribution in [2.45, 2.75) is 39.8 Å². The number of nitrogens with zero attached hydrogens (tertiary/aromatic N) is 2. The first kappa shape index (κ1) is 15.1. The van der Waals surface area contributed by atoms with E-state index in [9.17, 15) is 0 Å². The Morgan fingerprint density at radius 3 is 2.80 bits per heavy atom. The zero-order valence-electron chi connectivity index (χ0n) is 12.4. The molecule has 108 valence electrons. The molecule has 1 atom stereocenters. The quantitative estimate of drug-likeness (QED) is 0.873. The molecule has 1 unspecified atom stereocenters. The lowest BCUT2D eigenvalue weighted by atomic mass is 10.0. The molecule has 0 saturated carbocycles. The van der Waals surface area contributed by atoms with E-state index in [2.05, 4.69) is 40.8 Å². The van der Waals surface area contributed by atoms with E-state index in [4.69, 9.17) is 11.6 Å².